The number of alkyl halides is 5. The van der Waals surface area contributed by atoms with Crippen molar-refractivity contribution in [1.29, 1.82) is 0 Å². The molecule has 0 bridgehead atoms. The molecule has 0 amide bonds. The first-order valence-electron chi connectivity index (χ1n) is 4.26. The lowest BCUT2D eigenvalue weighted by atomic mass is 10.2. The summed E-state index contributed by atoms with van der Waals surface area (Å²) in [6, 6.07) is 1.60. The molecule has 0 saturated heterocycles. The van der Waals surface area contributed by atoms with Crippen molar-refractivity contribution >= 4 is 21.4 Å². The molecule has 3 nitrogen and oxygen atoms in total. The fourth-order valence-corrected chi connectivity index (χ4v) is 2.05. The highest BCUT2D eigenvalue weighted by Crippen LogP contribution is 2.32. The molecule has 0 spiro atoms. The third-order valence-corrected chi connectivity index (χ3v) is 3.31. The fraction of sp³-hybridized carbons (Fsp3) is 0.375. The van der Waals surface area contributed by atoms with Gasteiger partial charge < -0.3 is 0 Å². The first-order valence-corrected chi connectivity index (χ1v) is 6.35. The molecule has 0 saturated carbocycles. The van der Waals surface area contributed by atoms with E-state index >= 15 is 0 Å². The lowest BCUT2D eigenvalue weighted by Gasteiger charge is -2.12. The van der Waals surface area contributed by atoms with Gasteiger partial charge in [-0.3, -0.25) is 0 Å². The predicted octanol–water partition coefficient (Wildman–Crippen LogP) is 2.89. The number of hydrogen-bond donors (Lipinski definition) is 0. The second kappa shape index (κ2) is 4.96. The average Bonchev–Trinajstić information content (AvgIpc) is 2.18. The monoisotopic (exact) mass is 309 g/mol. The van der Waals surface area contributed by atoms with Gasteiger partial charge in [0.2, 0.25) is 9.84 Å². The van der Waals surface area contributed by atoms with Gasteiger partial charge in [-0.25, -0.2) is 13.4 Å². The molecule has 18 heavy (non-hydrogen) atoms. The quantitative estimate of drug-likeness (QED) is 0.637. The van der Waals surface area contributed by atoms with Crippen LogP contribution < -0.4 is 0 Å². The summed E-state index contributed by atoms with van der Waals surface area (Å²) in [5.41, 5.74) is -2.45. The Balaban J connectivity index is 3.27. The smallest absolute Gasteiger partial charge is 0.231 e. The summed E-state index contributed by atoms with van der Waals surface area (Å²) in [5, 5.41) is -0.513. The highest BCUT2D eigenvalue weighted by molar-refractivity contribution is 7.90. The van der Waals surface area contributed by atoms with E-state index in [1.165, 1.54) is 0 Å². The Labute approximate surface area is 104 Å². The van der Waals surface area contributed by atoms with Crippen LogP contribution in [0.25, 0.3) is 0 Å². The normalized spacial score (nSPS) is 13.1. The van der Waals surface area contributed by atoms with E-state index in [0.717, 1.165) is 6.07 Å². The largest absolute Gasteiger partial charge is 0.433 e. The van der Waals surface area contributed by atoms with Gasteiger partial charge in [0.1, 0.15) is 10.8 Å². The molecule has 0 N–H and O–H groups in total. The van der Waals surface area contributed by atoms with Crippen molar-refractivity contribution in [2.75, 3.05) is 0 Å². The van der Waals surface area contributed by atoms with Gasteiger partial charge in [-0.1, -0.05) is 17.7 Å². The number of rotatable bonds is 3. The van der Waals surface area contributed by atoms with Crippen LogP contribution in [0.2, 0.25) is 5.15 Å². The van der Waals surface area contributed by atoms with Gasteiger partial charge in [0.05, 0.1) is 5.75 Å². The van der Waals surface area contributed by atoms with Crippen LogP contribution in [0.1, 0.15) is 11.3 Å². The van der Waals surface area contributed by atoms with Gasteiger partial charge >= 0.3 is 11.9 Å². The van der Waals surface area contributed by atoms with Crippen LogP contribution in [0.15, 0.2) is 12.1 Å². The molecule has 0 unspecified atom stereocenters. The zero-order valence-corrected chi connectivity index (χ0v) is 9.95. The van der Waals surface area contributed by atoms with E-state index in [1.807, 2.05) is 0 Å². The second-order valence-electron chi connectivity index (χ2n) is 3.21. The molecule has 1 heterocycles. The van der Waals surface area contributed by atoms with Crippen LogP contribution in [0.3, 0.4) is 0 Å². The fourth-order valence-electron chi connectivity index (χ4n) is 1.11. The summed E-state index contributed by atoms with van der Waals surface area (Å²) >= 11 is 5.25. The SMILES string of the molecule is O=S(=O)(Cc1ccc(Cl)nc1C(F)(F)F)C(F)F. The first-order chi connectivity index (χ1) is 8.04. The zero-order valence-electron chi connectivity index (χ0n) is 8.38. The first kappa shape index (κ1) is 15.1. The van der Waals surface area contributed by atoms with Gasteiger partial charge in [-0.15, -0.1) is 0 Å². The Morgan fingerprint density at radius 2 is 1.83 bits per heavy atom. The molecule has 0 aliphatic carbocycles. The standard InChI is InChI=1S/C8H5ClF5NO2S/c9-5-2-1-4(3-18(16,17)7(10)11)6(15-5)8(12,13)14/h1-2,7H,3H2. The van der Waals surface area contributed by atoms with Crippen LogP contribution in [0, 0.1) is 0 Å². The topological polar surface area (TPSA) is 47.0 Å². The Kier molecular flexibility index (Phi) is 4.16. The third kappa shape index (κ3) is 3.52. The van der Waals surface area contributed by atoms with Crippen LogP contribution in [-0.4, -0.2) is 19.2 Å². The molecule has 0 aliphatic rings. The van der Waals surface area contributed by atoms with Crippen molar-refractivity contribution in [2.24, 2.45) is 0 Å². The zero-order chi connectivity index (χ0) is 14.1. The lowest BCUT2D eigenvalue weighted by Crippen LogP contribution is -2.18. The molecule has 0 aliphatic heterocycles. The molecule has 1 aromatic heterocycles. The van der Waals surface area contributed by atoms with Crippen LogP contribution in [-0.2, 0) is 21.8 Å². The highest BCUT2D eigenvalue weighted by atomic mass is 35.5. The summed E-state index contributed by atoms with van der Waals surface area (Å²) in [6.07, 6.45) is -4.97. The number of hydrogen-bond acceptors (Lipinski definition) is 3. The van der Waals surface area contributed by atoms with Crippen molar-refractivity contribution in [3.63, 3.8) is 0 Å². The van der Waals surface area contributed by atoms with Crippen LogP contribution in [0.5, 0.6) is 0 Å². The number of pyridine rings is 1. The van der Waals surface area contributed by atoms with E-state index in [2.05, 4.69) is 4.98 Å². The summed E-state index contributed by atoms with van der Waals surface area (Å²) in [5.74, 6) is -5.21. The number of halogens is 6. The molecule has 0 atom stereocenters. The minimum atomic E-state index is -4.97. The molecule has 10 heteroatoms. The molecular weight excluding hydrogens is 305 g/mol. The molecule has 0 fully saturated rings. The van der Waals surface area contributed by atoms with E-state index in [0.29, 0.717) is 6.07 Å². The van der Waals surface area contributed by atoms with Gasteiger partial charge in [-0.05, 0) is 11.6 Å². The molecule has 0 aromatic carbocycles. The Morgan fingerprint density at radius 3 is 2.28 bits per heavy atom. The molecule has 1 rings (SSSR count). The predicted molar refractivity (Wildman–Crippen MR) is 52.9 cm³/mol. The minimum absolute atomic E-state index is 0.513. The van der Waals surface area contributed by atoms with Crippen molar-refractivity contribution < 1.29 is 30.4 Å². The maximum atomic E-state index is 12.5. The Bertz CT molecular complexity index is 543. The van der Waals surface area contributed by atoms with Crippen molar-refractivity contribution in [1.82, 2.24) is 4.98 Å². The summed E-state index contributed by atoms with van der Waals surface area (Å²) < 4.78 is 83.5. The summed E-state index contributed by atoms with van der Waals surface area (Å²) in [6.45, 7) is 0. The molecule has 1 aromatic rings. The third-order valence-electron chi connectivity index (χ3n) is 1.84. The second-order valence-corrected chi connectivity index (χ2v) is 5.57. The highest BCUT2D eigenvalue weighted by Gasteiger charge is 2.37. The van der Waals surface area contributed by atoms with Gasteiger partial charge in [0.25, 0.3) is 0 Å². The minimum Gasteiger partial charge on any atom is -0.231 e. The van der Waals surface area contributed by atoms with Crippen molar-refractivity contribution in [2.45, 2.75) is 17.7 Å². The lowest BCUT2D eigenvalue weighted by molar-refractivity contribution is -0.141. The molecule has 0 radical (unpaired) electrons. The van der Waals surface area contributed by atoms with Gasteiger partial charge in [0, 0.05) is 0 Å². The average molecular weight is 310 g/mol. The Hall–Kier alpha value is -0.960. The maximum Gasteiger partial charge on any atom is 0.433 e. The van der Waals surface area contributed by atoms with Crippen molar-refractivity contribution in [3.05, 3.63) is 28.5 Å². The molecular formula is C8H5ClF5NO2S. The van der Waals surface area contributed by atoms with Gasteiger partial charge in [-0.2, -0.15) is 22.0 Å². The molecule has 102 valence electrons. The Morgan fingerprint density at radius 1 is 1.28 bits per heavy atom. The number of nitrogens with zero attached hydrogens (tertiary/aromatic N) is 1. The van der Waals surface area contributed by atoms with Crippen LogP contribution >= 0.6 is 11.6 Å². The number of aromatic nitrogens is 1. The number of sulfone groups is 1. The summed E-state index contributed by atoms with van der Waals surface area (Å²) in [7, 11) is -4.96. The van der Waals surface area contributed by atoms with E-state index in [4.69, 9.17) is 11.6 Å². The maximum absolute atomic E-state index is 12.5. The van der Waals surface area contributed by atoms with Crippen LogP contribution in [0.4, 0.5) is 22.0 Å². The van der Waals surface area contributed by atoms with E-state index in [9.17, 15) is 30.4 Å². The summed E-state index contributed by atoms with van der Waals surface area (Å²) in [4.78, 5) is 2.92. The van der Waals surface area contributed by atoms with E-state index in [-0.39, 0.29) is 0 Å². The van der Waals surface area contributed by atoms with Crippen molar-refractivity contribution in [3.8, 4) is 0 Å². The van der Waals surface area contributed by atoms with Gasteiger partial charge in [0.15, 0.2) is 0 Å². The van der Waals surface area contributed by atoms with E-state index < -0.39 is 43.9 Å². The van der Waals surface area contributed by atoms with E-state index in [1.54, 1.807) is 0 Å².